The first-order valence-electron chi connectivity index (χ1n) is 10.8. The molecule has 170 valence electrons. The fourth-order valence-electron chi connectivity index (χ4n) is 3.87. The zero-order valence-electron chi connectivity index (χ0n) is 18.2. The zero-order chi connectivity index (χ0) is 22.8. The van der Waals surface area contributed by atoms with Crippen molar-refractivity contribution in [1.82, 2.24) is 14.1 Å². The van der Waals surface area contributed by atoms with Crippen LogP contribution in [0.4, 0.5) is 15.2 Å². The van der Waals surface area contributed by atoms with E-state index in [0.717, 1.165) is 32.4 Å². The number of hydrogen-bond donors (Lipinski definition) is 1. The Hall–Kier alpha value is -3.01. The van der Waals surface area contributed by atoms with E-state index in [2.05, 4.69) is 15.2 Å². The summed E-state index contributed by atoms with van der Waals surface area (Å²) >= 11 is 1.27. The van der Waals surface area contributed by atoms with Gasteiger partial charge in [-0.1, -0.05) is 24.3 Å². The normalized spacial score (nSPS) is 14.2. The van der Waals surface area contributed by atoms with Gasteiger partial charge in [-0.3, -0.25) is 18.7 Å². The lowest BCUT2D eigenvalue weighted by molar-refractivity contribution is -0.116. The van der Waals surface area contributed by atoms with Crippen LogP contribution in [0.3, 0.4) is 0 Å². The summed E-state index contributed by atoms with van der Waals surface area (Å²) in [6.45, 7) is 5.16. The van der Waals surface area contributed by atoms with Crippen molar-refractivity contribution in [3.8, 4) is 0 Å². The van der Waals surface area contributed by atoms with Crippen LogP contribution in [0.1, 0.15) is 38.2 Å². The molecule has 2 aromatic heterocycles. The molecule has 1 aliphatic heterocycles. The first-order chi connectivity index (χ1) is 15.4. The first-order valence-corrected chi connectivity index (χ1v) is 11.7. The third kappa shape index (κ3) is 4.32. The van der Waals surface area contributed by atoms with Gasteiger partial charge in [0.1, 0.15) is 17.1 Å². The summed E-state index contributed by atoms with van der Waals surface area (Å²) in [5.74, 6) is -0.921. The Bertz CT molecular complexity index is 1270. The number of thiazole rings is 1. The molecule has 0 atom stereocenters. The molecule has 0 spiro atoms. The Kier molecular flexibility index (Phi) is 6.40. The number of anilines is 2. The maximum absolute atomic E-state index is 13.8. The van der Waals surface area contributed by atoms with Crippen LogP contribution in [-0.2, 0) is 17.9 Å². The fourth-order valence-corrected chi connectivity index (χ4v) is 4.94. The number of amides is 1. The van der Waals surface area contributed by atoms with Crippen LogP contribution in [0.25, 0.3) is 10.3 Å². The first kappa shape index (κ1) is 22.2. The van der Waals surface area contributed by atoms with Crippen molar-refractivity contribution in [3.63, 3.8) is 0 Å². The summed E-state index contributed by atoms with van der Waals surface area (Å²) in [4.78, 5) is 45.5. The van der Waals surface area contributed by atoms with E-state index in [1.165, 1.54) is 26.5 Å². The number of piperidine rings is 1. The fraction of sp³-hybridized carbons (Fsp3) is 0.455. The topological polar surface area (TPSA) is 89.2 Å². The van der Waals surface area contributed by atoms with Crippen LogP contribution in [0.15, 0.2) is 27.8 Å². The summed E-state index contributed by atoms with van der Waals surface area (Å²) in [6, 6.07) is 4.41. The number of aryl methyl sites for hydroxylation is 1. The van der Waals surface area contributed by atoms with Crippen molar-refractivity contribution in [2.24, 2.45) is 0 Å². The van der Waals surface area contributed by atoms with Crippen LogP contribution >= 0.6 is 11.3 Å². The molecule has 0 saturated carbocycles. The monoisotopic (exact) mass is 459 g/mol. The van der Waals surface area contributed by atoms with Crippen molar-refractivity contribution in [1.29, 1.82) is 0 Å². The number of nitrogens with one attached hydrogen (secondary N) is 1. The summed E-state index contributed by atoms with van der Waals surface area (Å²) < 4.78 is 16.6. The second-order valence-corrected chi connectivity index (χ2v) is 9.01. The Labute approximate surface area is 188 Å². The number of fused-ring (bicyclic) bond motifs is 1. The van der Waals surface area contributed by atoms with Crippen LogP contribution < -0.4 is 21.5 Å². The molecule has 4 rings (SSSR count). The van der Waals surface area contributed by atoms with E-state index in [0.29, 0.717) is 27.5 Å². The highest BCUT2D eigenvalue weighted by Crippen LogP contribution is 2.28. The molecule has 1 aromatic carbocycles. The number of halogens is 1. The molecule has 0 radical (unpaired) electrons. The maximum atomic E-state index is 13.8. The van der Waals surface area contributed by atoms with Crippen molar-refractivity contribution in [2.75, 3.05) is 23.3 Å². The predicted octanol–water partition coefficient (Wildman–Crippen LogP) is 3.11. The predicted molar refractivity (Wildman–Crippen MR) is 124 cm³/mol. The van der Waals surface area contributed by atoms with Gasteiger partial charge in [0.15, 0.2) is 10.8 Å². The second kappa shape index (κ2) is 9.23. The van der Waals surface area contributed by atoms with Gasteiger partial charge in [0.05, 0.1) is 0 Å². The second-order valence-electron chi connectivity index (χ2n) is 8.03. The van der Waals surface area contributed by atoms with Crippen LogP contribution in [0.5, 0.6) is 0 Å². The van der Waals surface area contributed by atoms with E-state index in [-0.39, 0.29) is 24.3 Å². The van der Waals surface area contributed by atoms with Gasteiger partial charge in [0.25, 0.3) is 5.56 Å². The smallest absolute Gasteiger partial charge is 0.333 e. The lowest BCUT2D eigenvalue weighted by Crippen LogP contribution is -2.41. The van der Waals surface area contributed by atoms with Crippen molar-refractivity contribution in [2.45, 2.75) is 52.6 Å². The number of hydrogen-bond acceptors (Lipinski definition) is 6. The van der Waals surface area contributed by atoms with E-state index < -0.39 is 17.4 Å². The number of rotatable bonds is 6. The van der Waals surface area contributed by atoms with Gasteiger partial charge in [-0.2, -0.15) is 0 Å². The molecule has 32 heavy (non-hydrogen) atoms. The average Bonchev–Trinajstić information content (AvgIpc) is 3.23. The van der Waals surface area contributed by atoms with Crippen molar-refractivity contribution in [3.05, 3.63) is 50.4 Å². The minimum atomic E-state index is -0.565. The molecule has 1 fully saturated rings. The molecule has 0 aliphatic carbocycles. The Morgan fingerprint density at radius 1 is 1.19 bits per heavy atom. The van der Waals surface area contributed by atoms with Gasteiger partial charge in [0, 0.05) is 25.3 Å². The van der Waals surface area contributed by atoms with Crippen molar-refractivity contribution >= 4 is 38.4 Å². The number of aromatic nitrogens is 3. The average molecular weight is 460 g/mol. The minimum absolute atomic E-state index is 0.225. The van der Waals surface area contributed by atoms with E-state index in [1.54, 1.807) is 19.1 Å². The van der Waals surface area contributed by atoms with E-state index in [9.17, 15) is 18.8 Å². The van der Waals surface area contributed by atoms with Gasteiger partial charge in [0.2, 0.25) is 5.91 Å². The van der Waals surface area contributed by atoms with Crippen LogP contribution in [0, 0.1) is 12.7 Å². The molecule has 1 amide bonds. The van der Waals surface area contributed by atoms with Gasteiger partial charge < -0.3 is 10.2 Å². The molecule has 3 aromatic rings. The van der Waals surface area contributed by atoms with Crippen LogP contribution in [0.2, 0.25) is 0 Å². The lowest BCUT2D eigenvalue weighted by Gasteiger charge is -2.25. The molecule has 8 nitrogen and oxygen atoms in total. The van der Waals surface area contributed by atoms with Gasteiger partial charge >= 0.3 is 5.69 Å². The Balaban J connectivity index is 1.73. The molecule has 1 aliphatic rings. The molecular formula is C22H26FN5O3S. The van der Waals surface area contributed by atoms with Crippen molar-refractivity contribution < 1.29 is 9.18 Å². The highest BCUT2D eigenvalue weighted by molar-refractivity contribution is 7.22. The lowest BCUT2D eigenvalue weighted by atomic mass is 10.1. The Morgan fingerprint density at radius 2 is 1.94 bits per heavy atom. The molecular weight excluding hydrogens is 433 g/mol. The number of carbonyl (C=O) groups is 1. The minimum Gasteiger partial charge on any atom is -0.348 e. The molecule has 1 saturated heterocycles. The third-order valence-corrected chi connectivity index (χ3v) is 6.68. The standard InChI is InChI=1S/C22H26FN5O3S/c1-3-9-27-20(30)18-19(25-21(32-18)26-10-5-4-6-11-26)28(22(27)31)13-17(29)24-15-8-7-14(2)16(23)12-15/h7-8,12H,3-6,9-11,13H2,1-2H3,(H,24,29). The van der Waals surface area contributed by atoms with E-state index in [4.69, 9.17) is 0 Å². The van der Waals surface area contributed by atoms with Gasteiger partial charge in [-0.15, -0.1) is 0 Å². The van der Waals surface area contributed by atoms with Crippen LogP contribution in [-0.4, -0.2) is 33.1 Å². The number of benzene rings is 1. The Morgan fingerprint density at radius 3 is 2.62 bits per heavy atom. The molecule has 10 heteroatoms. The summed E-state index contributed by atoms with van der Waals surface area (Å²) in [5.41, 5.74) is 0.0648. The highest BCUT2D eigenvalue weighted by Gasteiger charge is 2.22. The van der Waals surface area contributed by atoms with E-state index >= 15 is 0 Å². The molecule has 0 unspecified atom stereocenters. The number of carbonyl (C=O) groups excluding carboxylic acids is 1. The third-order valence-electron chi connectivity index (χ3n) is 5.59. The molecule has 1 N–H and O–H groups in total. The SMILES string of the molecule is CCCn1c(=O)c2sc(N3CCCCC3)nc2n(CC(=O)Nc2ccc(C)c(F)c2)c1=O. The largest absolute Gasteiger partial charge is 0.348 e. The summed E-state index contributed by atoms with van der Waals surface area (Å²) in [7, 11) is 0. The highest BCUT2D eigenvalue weighted by atomic mass is 32.1. The molecule has 0 bridgehead atoms. The summed E-state index contributed by atoms with van der Waals surface area (Å²) in [5, 5.41) is 3.32. The quantitative estimate of drug-likeness (QED) is 0.612. The van der Waals surface area contributed by atoms with Gasteiger partial charge in [-0.05, 0) is 50.3 Å². The number of nitrogens with zero attached hydrogens (tertiary/aromatic N) is 4. The van der Waals surface area contributed by atoms with Gasteiger partial charge in [-0.25, -0.2) is 14.2 Å². The summed E-state index contributed by atoms with van der Waals surface area (Å²) in [6.07, 6.45) is 3.87. The zero-order valence-corrected chi connectivity index (χ0v) is 19.0. The molecule has 3 heterocycles. The maximum Gasteiger partial charge on any atom is 0.333 e. The van der Waals surface area contributed by atoms with E-state index in [1.807, 2.05) is 6.92 Å².